The summed E-state index contributed by atoms with van der Waals surface area (Å²) in [6, 6.07) is 7.17. The molecular formula is C16H14NO5-. The van der Waals surface area contributed by atoms with Crippen LogP contribution in [0.2, 0.25) is 0 Å². The Morgan fingerprint density at radius 2 is 1.82 bits per heavy atom. The molecule has 0 atom stereocenters. The number of aromatic nitrogens is 1. The zero-order valence-corrected chi connectivity index (χ0v) is 12.2. The smallest absolute Gasteiger partial charge is 0.354 e. The van der Waals surface area contributed by atoms with Crippen molar-refractivity contribution in [3.05, 3.63) is 58.9 Å². The summed E-state index contributed by atoms with van der Waals surface area (Å²) >= 11 is 0. The molecule has 0 saturated heterocycles. The summed E-state index contributed by atoms with van der Waals surface area (Å²) in [4.78, 5) is 35.3. The van der Waals surface area contributed by atoms with E-state index in [0.717, 1.165) is 0 Å². The van der Waals surface area contributed by atoms with Gasteiger partial charge in [0.2, 0.25) is 0 Å². The minimum atomic E-state index is -1.43. The lowest BCUT2D eigenvalue weighted by Gasteiger charge is -2.08. The van der Waals surface area contributed by atoms with E-state index in [2.05, 4.69) is 0 Å². The summed E-state index contributed by atoms with van der Waals surface area (Å²) in [6.45, 7) is 1.91. The number of rotatable bonds is 5. The van der Waals surface area contributed by atoms with Crippen LogP contribution in [0.4, 0.5) is 0 Å². The van der Waals surface area contributed by atoms with E-state index in [9.17, 15) is 19.5 Å². The van der Waals surface area contributed by atoms with Gasteiger partial charge in [-0.2, -0.15) is 0 Å². The average Bonchev–Trinajstić information content (AvgIpc) is 2.88. The lowest BCUT2D eigenvalue weighted by molar-refractivity contribution is -0.255. The van der Waals surface area contributed by atoms with E-state index in [-0.39, 0.29) is 29.0 Å². The fourth-order valence-electron chi connectivity index (χ4n) is 2.11. The molecule has 2 aromatic rings. The average molecular weight is 300 g/mol. The number of carboxylic acid groups (broad SMARTS) is 1. The molecule has 0 amide bonds. The molecule has 0 radical (unpaired) electrons. The lowest BCUT2D eigenvalue weighted by atomic mass is 10.00. The van der Waals surface area contributed by atoms with Gasteiger partial charge in [0.05, 0.1) is 12.6 Å². The molecule has 22 heavy (non-hydrogen) atoms. The second-order valence-corrected chi connectivity index (χ2v) is 4.61. The topological polar surface area (TPSA) is 88.4 Å². The van der Waals surface area contributed by atoms with Crippen molar-refractivity contribution in [1.82, 2.24) is 4.57 Å². The minimum absolute atomic E-state index is 0.0171. The van der Waals surface area contributed by atoms with E-state index >= 15 is 0 Å². The van der Waals surface area contributed by atoms with Crippen molar-refractivity contribution >= 4 is 17.7 Å². The molecule has 114 valence electrons. The Kier molecular flexibility index (Phi) is 4.41. The largest absolute Gasteiger partial charge is 0.545 e. The number of carbonyl (C=O) groups excluding carboxylic acids is 3. The van der Waals surface area contributed by atoms with Crippen molar-refractivity contribution in [2.24, 2.45) is 7.05 Å². The van der Waals surface area contributed by atoms with Crippen molar-refractivity contribution < 1.29 is 24.2 Å². The van der Waals surface area contributed by atoms with E-state index in [1.54, 1.807) is 20.0 Å². The summed E-state index contributed by atoms with van der Waals surface area (Å²) < 4.78 is 6.36. The molecule has 1 aromatic carbocycles. The highest BCUT2D eigenvalue weighted by atomic mass is 16.5. The van der Waals surface area contributed by atoms with Crippen LogP contribution in [0.5, 0.6) is 0 Å². The van der Waals surface area contributed by atoms with Crippen LogP contribution in [-0.2, 0) is 11.8 Å². The predicted octanol–water partition coefficient (Wildman–Crippen LogP) is 0.796. The molecule has 0 N–H and O–H groups in total. The Morgan fingerprint density at radius 1 is 1.18 bits per heavy atom. The monoisotopic (exact) mass is 300 g/mol. The first-order valence-electron chi connectivity index (χ1n) is 6.64. The third-order valence-electron chi connectivity index (χ3n) is 3.14. The van der Waals surface area contributed by atoms with Crippen LogP contribution >= 0.6 is 0 Å². The fraction of sp³-hybridized carbons (Fsp3) is 0.188. The molecule has 0 bridgehead atoms. The molecule has 0 fully saturated rings. The normalized spacial score (nSPS) is 10.3. The molecular weight excluding hydrogens is 286 g/mol. The van der Waals surface area contributed by atoms with Crippen LogP contribution in [0, 0.1) is 0 Å². The molecule has 1 aromatic heterocycles. The number of carboxylic acids is 1. The molecule has 0 aliphatic heterocycles. The third kappa shape index (κ3) is 2.90. The van der Waals surface area contributed by atoms with Crippen LogP contribution in [-0.4, -0.2) is 28.9 Å². The second kappa shape index (κ2) is 6.26. The molecule has 6 nitrogen and oxygen atoms in total. The first kappa shape index (κ1) is 15.5. The van der Waals surface area contributed by atoms with Gasteiger partial charge in [0, 0.05) is 29.9 Å². The van der Waals surface area contributed by atoms with Crippen molar-refractivity contribution in [2.45, 2.75) is 6.92 Å². The van der Waals surface area contributed by atoms with E-state index in [1.807, 2.05) is 0 Å². The molecule has 0 spiro atoms. The van der Waals surface area contributed by atoms with Gasteiger partial charge in [-0.3, -0.25) is 4.79 Å². The van der Waals surface area contributed by atoms with Gasteiger partial charge >= 0.3 is 5.97 Å². The number of aromatic carboxylic acids is 1. The van der Waals surface area contributed by atoms with Gasteiger partial charge in [-0.25, -0.2) is 4.79 Å². The zero-order valence-electron chi connectivity index (χ0n) is 12.2. The lowest BCUT2D eigenvalue weighted by Crippen LogP contribution is -2.25. The first-order chi connectivity index (χ1) is 10.5. The maximum Gasteiger partial charge on any atom is 0.354 e. The van der Waals surface area contributed by atoms with E-state index in [4.69, 9.17) is 4.74 Å². The molecule has 0 aliphatic rings. The number of aryl methyl sites for hydroxylation is 1. The first-order valence-corrected chi connectivity index (χ1v) is 6.64. The number of carbonyl (C=O) groups is 3. The van der Waals surface area contributed by atoms with Gasteiger partial charge < -0.3 is 19.2 Å². The molecule has 0 aliphatic carbocycles. The second-order valence-electron chi connectivity index (χ2n) is 4.61. The van der Waals surface area contributed by atoms with E-state index in [1.165, 1.54) is 35.0 Å². The molecule has 6 heteroatoms. The molecule has 2 rings (SSSR count). The van der Waals surface area contributed by atoms with Gasteiger partial charge in [-0.15, -0.1) is 0 Å². The number of ether oxygens (including phenoxy) is 1. The van der Waals surface area contributed by atoms with Crippen LogP contribution in [0.15, 0.2) is 36.5 Å². The summed E-state index contributed by atoms with van der Waals surface area (Å²) in [6.07, 6.45) is 1.46. The van der Waals surface area contributed by atoms with Crippen molar-refractivity contribution in [3.8, 4) is 0 Å². The van der Waals surface area contributed by atoms with Crippen molar-refractivity contribution in [3.63, 3.8) is 0 Å². The summed E-state index contributed by atoms with van der Waals surface area (Å²) in [5.41, 5.74) is 0.257. The van der Waals surface area contributed by atoms with Crippen LogP contribution in [0.3, 0.4) is 0 Å². The van der Waals surface area contributed by atoms with Crippen LogP contribution in [0.25, 0.3) is 0 Å². The maximum atomic E-state index is 12.5. The molecule has 1 heterocycles. The minimum Gasteiger partial charge on any atom is -0.545 e. The van der Waals surface area contributed by atoms with Gasteiger partial charge in [-0.05, 0) is 13.0 Å². The highest BCUT2D eigenvalue weighted by Gasteiger charge is 2.19. The number of nitrogens with zero attached hydrogens (tertiary/aromatic N) is 1. The number of hydrogen-bond donors (Lipinski definition) is 0. The number of esters is 1. The molecule has 0 unspecified atom stereocenters. The van der Waals surface area contributed by atoms with Gasteiger partial charge in [0.1, 0.15) is 5.69 Å². The number of benzene rings is 1. The SMILES string of the molecule is CCOC(=O)c1cc(C(=O)c2ccccc2C(=O)[O-])cn1C. The molecule has 0 saturated carbocycles. The van der Waals surface area contributed by atoms with Crippen molar-refractivity contribution in [2.75, 3.05) is 6.61 Å². The Morgan fingerprint density at radius 3 is 2.41 bits per heavy atom. The standard InChI is InChI=1S/C16H15NO5/c1-3-22-16(21)13-8-10(9-17(13)2)14(18)11-6-4-5-7-12(11)15(19)20/h4-9H,3H2,1-2H3,(H,19,20)/p-1. The van der Waals surface area contributed by atoms with E-state index < -0.39 is 17.7 Å². The Balaban J connectivity index is 2.41. The summed E-state index contributed by atoms with van der Waals surface area (Å²) in [5, 5.41) is 11.1. The Bertz CT molecular complexity index is 745. The zero-order chi connectivity index (χ0) is 16.3. The highest BCUT2D eigenvalue weighted by Crippen LogP contribution is 2.17. The summed E-state index contributed by atoms with van der Waals surface area (Å²) in [7, 11) is 1.60. The van der Waals surface area contributed by atoms with Crippen molar-refractivity contribution in [1.29, 1.82) is 0 Å². The van der Waals surface area contributed by atoms with Gasteiger partial charge in [0.25, 0.3) is 0 Å². The Labute approximate surface area is 126 Å². The van der Waals surface area contributed by atoms with E-state index in [0.29, 0.717) is 0 Å². The quantitative estimate of drug-likeness (QED) is 0.602. The van der Waals surface area contributed by atoms with Gasteiger partial charge in [0.15, 0.2) is 5.78 Å². The predicted molar refractivity (Wildman–Crippen MR) is 75.6 cm³/mol. The third-order valence-corrected chi connectivity index (χ3v) is 3.14. The fourth-order valence-corrected chi connectivity index (χ4v) is 2.11. The number of hydrogen-bond acceptors (Lipinski definition) is 5. The summed E-state index contributed by atoms with van der Waals surface area (Å²) in [5.74, 6) is -2.46. The Hall–Kier alpha value is -2.89. The highest BCUT2D eigenvalue weighted by molar-refractivity contribution is 6.14. The van der Waals surface area contributed by atoms with Crippen LogP contribution in [0.1, 0.15) is 43.7 Å². The number of ketones is 1. The van der Waals surface area contributed by atoms with Crippen LogP contribution < -0.4 is 5.11 Å². The maximum absolute atomic E-state index is 12.5. The van der Waals surface area contributed by atoms with Gasteiger partial charge in [-0.1, -0.05) is 24.3 Å².